The Kier molecular flexibility index (Phi) is 7.51. The van der Waals surface area contributed by atoms with Gasteiger partial charge >= 0.3 is 0 Å². The monoisotopic (exact) mass is 486 g/mol. The van der Waals surface area contributed by atoms with E-state index in [-0.39, 0.29) is 17.5 Å². The number of ether oxygens (including phenoxy) is 1. The number of thioether (sulfide) groups is 1. The number of carbonyl (C=O) groups is 1. The number of nitrogens with zero attached hydrogens (tertiary/aromatic N) is 3. The molecule has 0 spiro atoms. The zero-order chi connectivity index (χ0) is 23.5. The van der Waals surface area contributed by atoms with Crippen LogP contribution in [0, 0.1) is 12.8 Å². The summed E-state index contributed by atoms with van der Waals surface area (Å²) in [7, 11) is 1.63. The Hall–Kier alpha value is -2.23. The van der Waals surface area contributed by atoms with E-state index in [0.717, 1.165) is 37.2 Å². The highest BCUT2D eigenvalue weighted by Gasteiger charge is 2.32. The summed E-state index contributed by atoms with van der Waals surface area (Å²) in [6.07, 6.45) is 8.52. The summed E-state index contributed by atoms with van der Waals surface area (Å²) in [4.78, 5) is 33.4. The Morgan fingerprint density at radius 2 is 2.03 bits per heavy atom. The van der Waals surface area contributed by atoms with Gasteiger partial charge in [0.15, 0.2) is 0 Å². The van der Waals surface area contributed by atoms with Crippen molar-refractivity contribution in [3.05, 3.63) is 44.7 Å². The van der Waals surface area contributed by atoms with Crippen LogP contribution in [-0.4, -0.2) is 50.8 Å². The quantitative estimate of drug-likeness (QED) is 0.357. The van der Waals surface area contributed by atoms with Gasteiger partial charge in [0.25, 0.3) is 11.5 Å². The average Bonchev–Trinajstić information content (AvgIpc) is 3.06. The minimum absolute atomic E-state index is 0.174. The number of fused-ring (bicyclic) bond motifs is 1. The first-order chi connectivity index (χ1) is 15.9. The molecule has 1 saturated carbocycles. The molecule has 1 saturated heterocycles. The van der Waals surface area contributed by atoms with Gasteiger partial charge in [-0.3, -0.25) is 18.9 Å². The Morgan fingerprint density at radius 1 is 1.27 bits per heavy atom. The van der Waals surface area contributed by atoms with Crippen molar-refractivity contribution in [2.45, 2.75) is 52.0 Å². The number of methoxy groups -OCH3 is 1. The largest absolute Gasteiger partial charge is 0.385 e. The second-order valence-electron chi connectivity index (χ2n) is 8.89. The SMILES string of the molecule is COCCCN1C(=O)C(=Cc2c(NC3CCC(C)CC3)nc3ccc(C)cn3c2=O)SC1=S. The maximum absolute atomic E-state index is 13.5. The van der Waals surface area contributed by atoms with Crippen LogP contribution in [0.4, 0.5) is 5.82 Å². The summed E-state index contributed by atoms with van der Waals surface area (Å²) in [5, 5.41) is 3.52. The van der Waals surface area contributed by atoms with Gasteiger partial charge in [0.1, 0.15) is 15.8 Å². The number of rotatable bonds is 7. The first-order valence-electron chi connectivity index (χ1n) is 11.4. The number of nitrogens with one attached hydrogen (secondary N) is 1. The Morgan fingerprint density at radius 3 is 2.76 bits per heavy atom. The number of anilines is 1. The standard InChI is InChI=1S/C24H30N4O3S2/c1-15-5-8-17(9-6-15)25-21-18(22(29)28-14-16(2)7-10-20(28)26-21)13-19-23(30)27(24(32)33-19)11-4-12-31-3/h7,10,13-15,17,25H,4-6,8-9,11-12H2,1-3H3. The number of pyridine rings is 1. The van der Waals surface area contributed by atoms with E-state index in [1.165, 1.54) is 11.8 Å². The lowest BCUT2D eigenvalue weighted by atomic mass is 9.87. The molecule has 0 aromatic carbocycles. The van der Waals surface area contributed by atoms with E-state index in [1.54, 1.807) is 28.7 Å². The lowest BCUT2D eigenvalue weighted by molar-refractivity contribution is -0.122. The number of carbonyl (C=O) groups excluding carboxylic acids is 1. The van der Waals surface area contributed by atoms with E-state index < -0.39 is 0 Å². The molecule has 1 amide bonds. The highest BCUT2D eigenvalue weighted by atomic mass is 32.2. The number of amides is 1. The normalized spacial score (nSPS) is 22.5. The molecule has 1 aliphatic heterocycles. The van der Waals surface area contributed by atoms with E-state index >= 15 is 0 Å². The molecular weight excluding hydrogens is 456 g/mol. The molecule has 2 aromatic heterocycles. The van der Waals surface area contributed by atoms with Gasteiger partial charge in [0.2, 0.25) is 0 Å². The molecule has 0 radical (unpaired) electrons. The number of thiocarbonyl (C=S) groups is 1. The van der Waals surface area contributed by atoms with Crippen molar-refractivity contribution >= 4 is 51.7 Å². The van der Waals surface area contributed by atoms with Gasteiger partial charge in [0.05, 0.1) is 10.5 Å². The van der Waals surface area contributed by atoms with E-state index in [1.807, 2.05) is 19.1 Å². The predicted molar refractivity (Wildman–Crippen MR) is 138 cm³/mol. The Bertz CT molecular complexity index is 1150. The molecule has 1 aliphatic carbocycles. The predicted octanol–water partition coefficient (Wildman–Crippen LogP) is 4.23. The van der Waals surface area contributed by atoms with Crippen molar-refractivity contribution in [1.82, 2.24) is 14.3 Å². The second kappa shape index (κ2) is 10.4. The fourth-order valence-electron chi connectivity index (χ4n) is 4.29. The van der Waals surface area contributed by atoms with E-state index in [9.17, 15) is 9.59 Å². The van der Waals surface area contributed by atoms with E-state index in [0.29, 0.717) is 45.8 Å². The van der Waals surface area contributed by atoms with Gasteiger partial charge < -0.3 is 10.1 Å². The third-order valence-electron chi connectivity index (χ3n) is 6.24. The number of hydrogen-bond donors (Lipinski definition) is 1. The maximum Gasteiger partial charge on any atom is 0.267 e. The smallest absolute Gasteiger partial charge is 0.267 e. The Balaban J connectivity index is 1.72. The number of aryl methyl sites for hydroxylation is 1. The minimum atomic E-state index is -0.194. The molecule has 0 atom stereocenters. The van der Waals surface area contributed by atoms with Crippen LogP contribution < -0.4 is 10.9 Å². The van der Waals surface area contributed by atoms with Crippen LogP contribution in [0.1, 0.15) is 50.2 Å². The van der Waals surface area contributed by atoms with E-state index in [4.69, 9.17) is 21.9 Å². The summed E-state index contributed by atoms with van der Waals surface area (Å²) in [5.74, 6) is 1.08. The van der Waals surface area contributed by atoms with Crippen LogP contribution in [0.3, 0.4) is 0 Å². The topological polar surface area (TPSA) is 75.9 Å². The molecule has 176 valence electrons. The maximum atomic E-state index is 13.5. The third kappa shape index (κ3) is 5.31. The van der Waals surface area contributed by atoms with Gasteiger partial charge in [-0.1, -0.05) is 37.0 Å². The average molecular weight is 487 g/mol. The lowest BCUT2D eigenvalue weighted by Gasteiger charge is -2.27. The summed E-state index contributed by atoms with van der Waals surface area (Å²) in [6.45, 7) is 5.26. The van der Waals surface area contributed by atoms with Gasteiger partial charge in [-0.2, -0.15) is 0 Å². The van der Waals surface area contributed by atoms with Gasteiger partial charge in [-0.15, -0.1) is 0 Å². The van der Waals surface area contributed by atoms with Crippen molar-refractivity contribution in [3.8, 4) is 0 Å². The fraction of sp³-hybridized carbons (Fsp3) is 0.500. The third-order valence-corrected chi connectivity index (χ3v) is 7.62. The highest BCUT2D eigenvalue weighted by molar-refractivity contribution is 8.26. The van der Waals surface area contributed by atoms with Crippen LogP contribution >= 0.6 is 24.0 Å². The summed E-state index contributed by atoms with van der Waals surface area (Å²) < 4.78 is 7.14. The van der Waals surface area contributed by atoms with Crippen LogP contribution in [0.2, 0.25) is 0 Å². The molecule has 2 aromatic rings. The van der Waals surface area contributed by atoms with Crippen molar-refractivity contribution in [1.29, 1.82) is 0 Å². The Labute approximate surface area is 203 Å². The highest BCUT2D eigenvalue weighted by Crippen LogP contribution is 2.33. The molecule has 3 heterocycles. The zero-order valence-corrected chi connectivity index (χ0v) is 20.9. The molecule has 2 aliphatic rings. The van der Waals surface area contributed by atoms with Crippen molar-refractivity contribution in [3.63, 3.8) is 0 Å². The molecular formula is C24H30N4O3S2. The first kappa shape index (κ1) is 23.9. The van der Waals surface area contributed by atoms with Crippen LogP contribution in [0.25, 0.3) is 11.7 Å². The van der Waals surface area contributed by atoms with E-state index in [2.05, 4.69) is 12.2 Å². The molecule has 2 fully saturated rings. The summed E-state index contributed by atoms with van der Waals surface area (Å²) in [5.41, 5.74) is 1.75. The van der Waals surface area contributed by atoms with Crippen LogP contribution in [0.5, 0.6) is 0 Å². The molecule has 9 heteroatoms. The molecule has 1 N–H and O–H groups in total. The van der Waals surface area contributed by atoms with Crippen molar-refractivity contribution in [2.75, 3.05) is 25.6 Å². The minimum Gasteiger partial charge on any atom is -0.385 e. The molecule has 0 bridgehead atoms. The lowest BCUT2D eigenvalue weighted by Crippen LogP contribution is -2.30. The van der Waals surface area contributed by atoms with Crippen LogP contribution in [-0.2, 0) is 9.53 Å². The van der Waals surface area contributed by atoms with Crippen LogP contribution in [0.15, 0.2) is 28.0 Å². The molecule has 4 rings (SSSR count). The van der Waals surface area contributed by atoms with Gasteiger partial charge in [-0.25, -0.2) is 4.98 Å². The zero-order valence-electron chi connectivity index (χ0n) is 19.3. The second-order valence-corrected chi connectivity index (χ2v) is 10.6. The molecule has 7 nitrogen and oxygen atoms in total. The molecule has 33 heavy (non-hydrogen) atoms. The van der Waals surface area contributed by atoms with Gasteiger partial charge in [0, 0.05) is 32.5 Å². The van der Waals surface area contributed by atoms with Crippen molar-refractivity contribution in [2.24, 2.45) is 5.92 Å². The van der Waals surface area contributed by atoms with Gasteiger partial charge in [-0.05, 0) is 62.7 Å². The summed E-state index contributed by atoms with van der Waals surface area (Å²) >= 11 is 6.67. The number of aromatic nitrogens is 2. The number of hydrogen-bond acceptors (Lipinski definition) is 7. The fourth-order valence-corrected chi connectivity index (χ4v) is 5.58. The first-order valence-corrected chi connectivity index (χ1v) is 12.6. The summed E-state index contributed by atoms with van der Waals surface area (Å²) in [6, 6.07) is 4.06. The molecule has 0 unspecified atom stereocenters. The van der Waals surface area contributed by atoms with Crippen molar-refractivity contribution < 1.29 is 9.53 Å².